The van der Waals surface area contributed by atoms with E-state index in [0.29, 0.717) is 11.3 Å². The maximum absolute atomic E-state index is 12.4. The zero-order valence-corrected chi connectivity index (χ0v) is 12.9. The first-order valence-corrected chi connectivity index (χ1v) is 7.21. The number of carbonyl (C=O) groups is 2. The number of rotatable bonds is 3. The number of anilines is 1. The molecule has 0 bridgehead atoms. The fourth-order valence-corrected chi connectivity index (χ4v) is 2.43. The predicted octanol–water partition coefficient (Wildman–Crippen LogP) is 2.71. The Morgan fingerprint density at radius 3 is 2.50 bits per heavy atom. The Morgan fingerprint density at radius 2 is 1.83 bits per heavy atom. The molecule has 0 unspecified atom stereocenters. The van der Waals surface area contributed by atoms with E-state index >= 15 is 0 Å². The second-order valence-electron chi connectivity index (χ2n) is 4.94. The smallest absolute Gasteiger partial charge is 0.267 e. The quantitative estimate of drug-likeness (QED) is 0.401. The van der Waals surface area contributed by atoms with E-state index < -0.39 is 16.7 Å². The molecule has 120 valence electrons. The molecule has 1 heterocycles. The Bertz CT molecular complexity index is 880. The minimum Gasteiger partial charge on any atom is -0.267 e. The normalized spacial score (nSPS) is 15.7. The molecule has 1 aliphatic rings. The van der Waals surface area contributed by atoms with Crippen molar-refractivity contribution in [3.63, 3.8) is 0 Å². The Hall–Kier alpha value is -3.19. The number of hydrogen-bond donors (Lipinski definition) is 1. The first kappa shape index (κ1) is 15.7. The van der Waals surface area contributed by atoms with Gasteiger partial charge in [-0.2, -0.15) is 0 Å². The van der Waals surface area contributed by atoms with Crippen molar-refractivity contribution in [2.45, 2.75) is 0 Å². The molecule has 0 atom stereocenters. The summed E-state index contributed by atoms with van der Waals surface area (Å²) in [5, 5.41) is 12.0. The van der Waals surface area contributed by atoms with E-state index in [-0.39, 0.29) is 16.3 Å². The molecule has 24 heavy (non-hydrogen) atoms. The highest BCUT2D eigenvalue weighted by Gasteiger charge is 2.34. The lowest BCUT2D eigenvalue weighted by atomic mass is 10.1. The van der Waals surface area contributed by atoms with Gasteiger partial charge in [0.05, 0.1) is 10.6 Å². The van der Waals surface area contributed by atoms with Crippen LogP contribution in [0.25, 0.3) is 6.08 Å². The number of benzene rings is 2. The minimum absolute atomic E-state index is 0.0183. The maximum Gasteiger partial charge on any atom is 0.288 e. The predicted molar refractivity (Wildman–Crippen MR) is 88.2 cm³/mol. The van der Waals surface area contributed by atoms with Crippen molar-refractivity contribution in [2.24, 2.45) is 0 Å². The van der Waals surface area contributed by atoms with Gasteiger partial charge < -0.3 is 0 Å². The summed E-state index contributed by atoms with van der Waals surface area (Å²) >= 11 is 5.75. The van der Waals surface area contributed by atoms with Crippen molar-refractivity contribution < 1.29 is 14.5 Å². The molecule has 1 N–H and O–H groups in total. The van der Waals surface area contributed by atoms with Gasteiger partial charge in [-0.1, -0.05) is 35.9 Å². The molecule has 0 saturated carbocycles. The number of nitrogens with one attached hydrogen (secondary N) is 1. The van der Waals surface area contributed by atoms with Gasteiger partial charge in [0.1, 0.15) is 10.6 Å². The van der Waals surface area contributed by atoms with Gasteiger partial charge in [0.25, 0.3) is 17.5 Å². The van der Waals surface area contributed by atoms with Gasteiger partial charge in [-0.25, -0.2) is 5.01 Å². The number of nitro benzene ring substituents is 1. The number of hydrazine groups is 1. The molecule has 7 nitrogen and oxygen atoms in total. The van der Waals surface area contributed by atoms with Gasteiger partial charge in [-0.3, -0.25) is 25.1 Å². The number of nitro groups is 1. The minimum atomic E-state index is -0.628. The summed E-state index contributed by atoms with van der Waals surface area (Å²) in [6.07, 6.45) is 1.30. The van der Waals surface area contributed by atoms with Crippen LogP contribution in [0.15, 0.2) is 54.1 Å². The number of amides is 2. The van der Waals surface area contributed by atoms with Crippen LogP contribution in [0.4, 0.5) is 11.4 Å². The number of halogens is 1. The largest absolute Gasteiger partial charge is 0.288 e. The molecule has 2 aromatic carbocycles. The molecule has 0 aromatic heterocycles. The molecule has 0 spiro atoms. The highest BCUT2D eigenvalue weighted by atomic mass is 35.5. The number of carbonyl (C=O) groups excluding carboxylic acids is 2. The molecule has 8 heteroatoms. The van der Waals surface area contributed by atoms with E-state index in [0.717, 1.165) is 5.01 Å². The van der Waals surface area contributed by atoms with Crippen LogP contribution < -0.4 is 10.4 Å². The lowest BCUT2D eigenvalue weighted by Crippen LogP contribution is -2.35. The van der Waals surface area contributed by atoms with Gasteiger partial charge in [0.2, 0.25) is 0 Å². The second-order valence-corrected chi connectivity index (χ2v) is 5.35. The van der Waals surface area contributed by atoms with Crippen LogP contribution in [0, 0.1) is 10.1 Å². The molecular weight excluding hydrogens is 334 g/mol. The van der Waals surface area contributed by atoms with Crippen LogP contribution in [-0.4, -0.2) is 16.7 Å². The fraction of sp³-hybridized carbons (Fsp3) is 0. The van der Waals surface area contributed by atoms with E-state index in [4.69, 9.17) is 11.6 Å². The molecule has 1 fully saturated rings. The van der Waals surface area contributed by atoms with Crippen LogP contribution >= 0.6 is 11.6 Å². The fourth-order valence-electron chi connectivity index (χ4n) is 2.24. The highest BCUT2D eigenvalue weighted by Crippen LogP contribution is 2.27. The van der Waals surface area contributed by atoms with E-state index in [2.05, 4.69) is 5.43 Å². The van der Waals surface area contributed by atoms with Crippen molar-refractivity contribution in [3.05, 3.63) is 74.8 Å². The Labute approximate surface area is 141 Å². The molecule has 1 aliphatic heterocycles. The first-order chi connectivity index (χ1) is 11.5. The third-order valence-electron chi connectivity index (χ3n) is 3.38. The summed E-state index contributed by atoms with van der Waals surface area (Å²) < 4.78 is 0. The Morgan fingerprint density at radius 1 is 1.12 bits per heavy atom. The molecule has 1 saturated heterocycles. The molecule has 3 rings (SSSR count). The average molecular weight is 344 g/mol. The Kier molecular flexibility index (Phi) is 4.01. The van der Waals surface area contributed by atoms with Crippen molar-refractivity contribution in [2.75, 3.05) is 5.01 Å². The first-order valence-electron chi connectivity index (χ1n) is 6.83. The summed E-state index contributed by atoms with van der Waals surface area (Å²) in [6, 6.07) is 12.7. The topological polar surface area (TPSA) is 92.6 Å². The summed E-state index contributed by atoms with van der Waals surface area (Å²) in [5.41, 5.74) is 2.89. The lowest BCUT2D eigenvalue weighted by Gasteiger charge is -2.13. The number of nitrogens with zero attached hydrogens (tertiary/aromatic N) is 2. The summed E-state index contributed by atoms with van der Waals surface area (Å²) in [4.78, 5) is 34.8. The van der Waals surface area contributed by atoms with Gasteiger partial charge in [0, 0.05) is 6.07 Å². The van der Waals surface area contributed by atoms with E-state index in [1.165, 1.54) is 24.3 Å². The van der Waals surface area contributed by atoms with Gasteiger partial charge >= 0.3 is 0 Å². The zero-order chi connectivity index (χ0) is 17.3. The van der Waals surface area contributed by atoms with Crippen LogP contribution in [0.5, 0.6) is 0 Å². The van der Waals surface area contributed by atoms with Crippen LogP contribution in [0.3, 0.4) is 0 Å². The van der Waals surface area contributed by atoms with Gasteiger partial charge in [-0.15, -0.1) is 0 Å². The van der Waals surface area contributed by atoms with Crippen LogP contribution in [-0.2, 0) is 9.59 Å². The van der Waals surface area contributed by atoms with Crippen molar-refractivity contribution in [3.8, 4) is 0 Å². The van der Waals surface area contributed by atoms with Crippen molar-refractivity contribution in [1.82, 2.24) is 5.43 Å². The molecular formula is C16H10ClN3O4. The van der Waals surface area contributed by atoms with Crippen LogP contribution in [0.1, 0.15) is 5.56 Å². The monoisotopic (exact) mass is 343 g/mol. The van der Waals surface area contributed by atoms with Crippen molar-refractivity contribution >= 4 is 40.9 Å². The number of hydrogen-bond acceptors (Lipinski definition) is 4. The highest BCUT2D eigenvalue weighted by molar-refractivity contribution is 6.33. The van der Waals surface area contributed by atoms with E-state index in [1.807, 2.05) is 0 Å². The Balaban J connectivity index is 1.96. The third kappa shape index (κ3) is 2.84. The second kappa shape index (κ2) is 6.13. The SMILES string of the molecule is O=C1NN(c2ccccc2)C(=O)/C1=C\c1ccc(Cl)c([N+](=O)[O-])c1. The standard InChI is InChI=1S/C16H10ClN3O4/c17-13-7-6-10(9-14(13)20(23)24)8-12-15(21)18-19(16(12)22)11-4-2-1-3-5-11/h1-9H,(H,18,21)/b12-8-. The lowest BCUT2D eigenvalue weighted by molar-refractivity contribution is -0.384. The maximum atomic E-state index is 12.4. The van der Waals surface area contributed by atoms with Crippen LogP contribution in [0.2, 0.25) is 5.02 Å². The van der Waals surface area contributed by atoms with Gasteiger partial charge in [0.15, 0.2) is 0 Å². The summed E-state index contributed by atoms with van der Waals surface area (Å²) in [5.74, 6) is -1.12. The van der Waals surface area contributed by atoms with Crippen molar-refractivity contribution in [1.29, 1.82) is 0 Å². The van der Waals surface area contributed by atoms with Gasteiger partial charge in [-0.05, 0) is 29.8 Å². The molecule has 2 amide bonds. The average Bonchev–Trinajstić information content (AvgIpc) is 2.85. The number of para-hydroxylation sites is 1. The summed E-state index contributed by atoms with van der Waals surface area (Å²) in [6.45, 7) is 0. The molecule has 2 aromatic rings. The molecule has 0 aliphatic carbocycles. The summed E-state index contributed by atoms with van der Waals surface area (Å²) in [7, 11) is 0. The molecule has 0 radical (unpaired) electrons. The third-order valence-corrected chi connectivity index (χ3v) is 3.70. The van der Waals surface area contributed by atoms with E-state index in [1.54, 1.807) is 30.3 Å². The van der Waals surface area contributed by atoms with E-state index in [9.17, 15) is 19.7 Å². The zero-order valence-electron chi connectivity index (χ0n) is 12.1.